The van der Waals surface area contributed by atoms with E-state index in [-0.39, 0.29) is 11.0 Å². The molecule has 0 bridgehead atoms. The number of hydrogen-bond acceptors (Lipinski definition) is 2. The van der Waals surface area contributed by atoms with Gasteiger partial charge in [-0.2, -0.15) is 5.26 Å². The van der Waals surface area contributed by atoms with Crippen LogP contribution in [0.1, 0.15) is 18.2 Å². The van der Waals surface area contributed by atoms with Gasteiger partial charge in [-0.25, -0.2) is 0 Å². The maximum atomic E-state index is 11.0. The molecule has 1 heterocycles. The summed E-state index contributed by atoms with van der Waals surface area (Å²) < 4.78 is 0. The highest BCUT2D eigenvalue weighted by Gasteiger charge is 1.96. The molecule has 0 fully saturated rings. The Morgan fingerprint density at radius 1 is 1.73 bits per heavy atom. The summed E-state index contributed by atoms with van der Waals surface area (Å²) in [7, 11) is 0. The van der Waals surface area contributed by atoms with E-state index in [0.29, 0.717) is 0 Å². The highest BCUT2D eigenvalue weighted by molar-refractivity contribution is 5.26. The lowest BCUT2D eigenvalue weighted by molar-refractivity contribution is 1.02. The molecule has 1 N–H and O–H groups in total. The second-order valence-electron chi connectivity index (χ2n) is 2.20. The number of aromatic nitrogens is 1. The number of nitrogens with one attached hydrogen (secondary N) is 1. The molecule has 0 aliphatic carbocycles. The van der Waals surface area contributed by atoms with Crippen molar-refractivity contribution < 1.29 is 0 Å². The fourth-order valence-corrected chi connectivity index (χ4v) is 0.805. The average Bonchev–Trinajstić information content (AvgIpc) is 2.04. The number of hydrogen-bond donors (Lipinski definition) is 1. The summed E-state index contributed by atoms with van der Waals surface area (Å²) in [5, 5.41) is 8.41. The van der Waals surface area contributed by atoms with E-state index in [2.05, 4.69) is 4.98 Å². The highest BCUT2D eigenvalue weighted by atomic mass is 16.1. The Labute approximate surface area is 64.3 Å². The Kier molecular flexibility index (Phi) is 2.07. The third kappa shape index (κ3) is 1.47. The molecule has 1 rings (SSSR count). The van der Waals surface area contributed by atoms with Gasteiger partial charge < -0.3 is 4.98 Å². The molecule has 0 aliphatic rings. The lowest BCUT2D eigenvalue weighted by Gasteiger charge is -1.94. The summed E-state index contributed by atoms with van der Waals surface area (Å²) in [6.45, 7) is 1.94. The normalized spacial score (nSPS) is 9.09. The van der Waals surface area contributed by atoms with E-state index in [1.54, 1.807) is 6.07 Å². The first-order valence-electron chi connectivity index (χ1n) is 3.39. The van der Waals surface area contributed by atoms with Gasteiger partial charge in [-0.1, -0.05) is 6.92 Å². The van der Waals surface area contributed by atoms with Gasteiger partial charge >= 0.3 is 0 Å². The zero-order chi connectivity index (χ0) is 8.27. The maximum Gasteiger partial charge on any atom is 0.199 e. The van der Waals surface area contributed by atoms with Crippen LogP contribution in [0.25, 0.3) is 0 Å². The molecule has 0 aliphatic heterocycles. The van der Waals surface area contributed by atoms with Crippen molar-refractivity contribution in [1.29, 1.82) is 5.26 Å². The zero-order valence-corrected chi connectivity index (χ0v) is 6.22. The Morgan fingerprint density at radius 3 is 2.91 bits per heavy atom. The molecule has 11 heavy (non-hydrogen) atoms. The lowest BCUT2D eigenvalue weighted by Crippen LogP contribution is -2.06. The molecule has 0 spiro atoms. The van der Waals surface area contributed by atoms with Crippen LogP contribution in [0.4, 0.5) is 0 Å². The number of pyridine rings is 1. The third-order valence-corrected chi connectivity index (χ3v) is 1.47. The van der Waals surface area contributed by atoms with Gasteiger partial charge in [-0.05, 0) is 6.42 Å². The van der Waals surface area contributed by atoms with E-state index in [0.717, 1.165) is 12.1 Å². The Bertz CT molecular complexity index is 346. The monoisotopic (exact) mass is 148 g/mol. The molecule has 1 aromatic rings. The van der Waals surface area contributed by atoms with E-state index >= 15 is 0 Å². The van der Waals surface area contributed by atoms with Gasteiger partial charge in [0.1, 0.15) is 11.6 Å². The van der Waals surface area contributed by atoms with Gasteiger partial charge in [-0.15, -0.1) is 0 Å². The van der Waals surface area contributed by atoms with Crippen LogP contribution in [0.3, 0.4) is 0 Å². The first-order chi connectivity index (χ1) is 5.27. The summed E-state index contributed by atoms with van der Waals surface area (Å²) in [4.78, 5) is 13.8. The van der Waals surface area contributed by atoms with Gasteiger partial charge in [0.25, 0.3) is 0 Å². The standard InChI is InChI=1S/C8H8N2O/c1-2-7-3-8(11)6(4-9)5-10-7/h3,5H,2H2,1H3,(H,10,11). The molecule has 0 aromatic carbocycles. The smallest absolute Gasteiger partial charge is 0.199 e. The maximum absolute atomic E-state index is 11.0. The Hall–Kier alpha value is -1.56. The molecule has 1 aromatic heterocycles. The van der Waals surface area contributed by atoms with E-state index in [4.69, 9.17) is 5.26 Å². The molecule has 56 valence electrons. The molecule has 0 unspecified atom stereocenters. The molecule has 0 saturated heterocycles. The van der Waals surface area contributed by atoms with Gasteiger partial charge in [0, 0.05) is 18.0 Å². The summed E-state index contributed by atoms with van der Waals surface area (Å²) in [5.41, 5.74) is 0.819. The van der Waals surface area contributed by atoms with E-state index in [9.17, 15) is 4.79 Å². The molecular weight excluding hydrogens is 140 g/mol. The number of H-pyrrole nitrogens is 1. The van der Waals surface area contributed by atoms with Gasteiger partial charge in [0.15, 0.2) is 5.43 Å². The molecule has 3 nitrogen and oxygen atoms in total. The number of aromatic amines is 1. The van der Waals surface area contributed by atoms with Crippen LogP contribution in [0.5, 0.6) is 0 Å². The van der Waals surface area contributed by atoms with Crippen LogP contribution in [-0.4, -0.2) is 4.98 Å². The van der Waals surface area contributed by atoms with Crippen molar-refractivity contribution in [2.75, 3.05) is 0 Å². The Balaban J connectivity index is 3.23. The molecule has 0 saturated carbocycles. The number of aryl methyl sites for hydroxylation is 1. The summed E-state index contributed by atoms with van der Waals surface area (Å²) >= 11 is 0. The SMILES string of the molecule is CCc1cc(=O)c(C#N)c[nH]1. The fourth-order valence-electron chi connectivity index (χ4n) is 0.805. The molecule has 3 heteroatoms. The number of nitriles is 1. The van der Waals surface area contributed by atoms with Gasteiger partial charge in [0.05, 0.1) is 0 Å². The highest BCUT2D eigenvalue weighted by Crippen LogP contribution is 1.92. The minimum Gasteiger partial charge on any atom is -0.364 e. The minimum atomic E-state index is -0.205. The van der Waals surface area contributed by atoms with Crippen LogP contribution in [-0.2, 0) is 6.42 Å². The molecule has 0 atom stereocenters. The van der Waals surface area contributed by atoms with Gasteiger partial charge in [0.2, 0.25) is 0 Å². The van der Waals surface area contributed by atoms with Crippen molar-refractivity contribution in [3.63, 3.8) is 0 Å². The van der Waals surface area contributed by atoms with Crippen molar-refractivity contribution in [1.82, 2.24) is 4.98 Å². The van der Waals surface area contributed by atoms with Crippen molar-refractivity contribution in [3.05, 3.63) is 33.7 Å². The lowest BCUT2D eigenvalue weighted by atomic mass is 10.2. The van der Waals surface area contributed by atoms with Crippen LogP contribution in [0.2, 0.25) is 0 Å². The largest absolute Gasteiger partial charge is 0.364 e. The van der Waals surface area contributed by atoms with Crippen LogP contribution in [0, 0.1) is 11.3 Å². The van der Waals surface area contributed by atoms with Crippen molar-refractivity contribution in [2.45, 2.75) is 13.3 Å². The first-order valence-corrected chi connectivity index (χ1v) is 3.39. The number of nitrogens with zero attached hydrogens (tertiary/aromatic N) is 1. The van der Waals surface area contributed by atoms with Crippen LogP contribution in [0.15, 0.2) is 17.1 Å². The van der Waals surface area contributed by atoms with Crippen molar-refractivity contribution >= 4 is 0 Å². The zero-order valence-electron chi connectivity index (χ0n) is 6.22. The first kappa shape index (κ1) is 7.55. The minimum absolute atomic E-state index is 0.169. The van der Waals surface area contributed by atoms with Gasteiger partial charge in [-0.3, -0.25) is 4.79 Å². The Morgan fingerprint density at radius 2 is 2.45 bits per heavy atom. The predicted octanol–water partition coefficient (Wildman–Crippen LogP) is 0.809. The van der Waals surface area contributed by atoms with Crippen LogP contribution >= 0.6 is 0 Å². The summed E-state index contributed by atoms with van der Waals surface area (Å²) in [5.74, 6) is 0. The topological polar surface area (TPSA) is 56.6 Å². The van der Waals surface area contributed by atoms with Crippen molar-refractivity contribution in [3.8, 4) is 6.07 Å². The second-order valence-corrected chi connectivity index (χ2v) is 2.20. The third-order valence-electron chi connectivity index (χ3n) is 1.47. The predicted molar refractivity (Wildman–Crippen MR) is 41.2 cm³/mol. The second kappa shape index (κ2) is 3.02. The average molecular weight is 148 g/mol. The van der Waals surface area contributed by atoms with E-state index in [1.807, 2.05) is 6.92 Å². The van der Waals surface area contributed by atoms with Crippen molar-refractivity contribution in [2.24, 2.45) is 0 Å². The fraction of sp³-hybridized carbons (Fsp3) is 0.250. The quantitative estimate of drug-likeness (QED) is 0.640. The molecule has 0 amide bonds. The van der Waals surface area contributed by atoms with E-state index in [1.165, 1.54) is 12.3 Å². The van der Waals surface area contributed by atoms with Crippen LogP contribution < -0.4 is 5.43 Å². The number of rotatable bonds is 1. The summed E-state index contributed by atoms with van der Waals surface area (Å²) in [6, 6.07) is 3.26. The molecule has 0 radical (unpaired) electrons. The summed E-state index contributed by atoms with van der Waals surface area (Å²) in [6.07, 6.45) is 2.22. The van der Waals surface area contributed by atoms with E-state index < -0.39 is 0 Å². The molecular formula is C8H8N2O.